The van der Waals surface area contributed by atoms with Gasteiger partial charge in [-0.15, -0.1) is 11.8 Å². The average molecular weight is 363 g/mol. The highest BCUT2D eigenvalue weighted by Gasteiger charge is 2.43. The number of carbonyl (C=O) groups excluding carboxylic acids is 1. The maximum Gasteiger partial charge on any atom is 0.305 e. The molecule has 0 aromatic rings. The number of unbranched alkanes of at least 4 members (excludes halogenated alkanes) is 6. The van der Waals surface area contributed by atoms with E-state index in [4.69, 9.17) is 9.47 Å². The van der Waals surface area contributed by atoms with Crippen LogP contribution in [0.5, 0.6) is 0 Å². The normalized spacial score (nSPS) is 26.7. The number of aliphatic hydroxyl groups excluding tert-OH is 2. The van der Waals surface area contributed by atoms with Gasteiger partial charge in [-0.2, -0.15) is 0 Å². The van der Waals surface area contributed by atoms with Gasteiger partial charge in [0.25, 0.3) is 0 Å². The van der Waals surface area contributed by atoms with Crippen molar-refractivity contribution in [2.75, 3.05) is 12.4 Å². The average Bonchev–Trinajstić information content (AvgIpc) is 2.85. The van der Waals surface area contributed by atoms with Crippen LogP contribution in [0, 0.1) is 0 Å². The number of rotatable bonds is 13. The highest BCUT2D eigenvalue weighted by Crippen LogP contribution is 2.30. The Bertz CT molecular complexity index is 339. The first-order chi connectivity index (χ1) is 11.6. The number of carbonyl (C=O) groups is 1. The molecule has 4 atom stereocenters. The van der Waals surface area contributed by atoms with Crippen molar-refractivity contribution in [1.29, 1.82) is 0 Å². The van der Waals surface area contributed by atoms with Gasteiger partial charge in [-0.05, 0) is 18.6 Å². The van der Waals surface area contributed by atoms with Crippen LogP contribution in [0.1, 0.15) is 71.6 Å². The standard InChI is InChI=1S/C18H34O5S/c1-3-5-7-8-9-10-12-24-18-17(21)16(20)14(23-18)13-22-15(19)11-6-4-2/h14,16-18,20-21H,3-13H2,1-2H3/t14-,16+,17+,18+/m1/s1. The van der Waals surface area contributed by atoms with Gasteiger partial charge >= 0.3 is 5.97 Å². The Morgan fingerprint density at radius 1 is 1.00 bits per heavy atom. The molecule has 6 heteroatoms. The second-order valence-corrected chi connectivity index (χ2v) is 7.66. The summed E-state index contributed by atoms with van der Waals surface area (Å²) in [5.74, 6) is 0.633. The summed E-state index contributed by atoms with van der Waals surface area (Å²) in [6.45, 7) is 4.23. The van der Waals surface area contributed by atoms with Gasteiger partial charge in [0.1, 0.15) is 30.4 Å². The van der Waals surface area contributed by atoms with Gasteiger partial charge in [-0.1, -0.05) is 52.4 Å². The van der Waals surface area contributed by atoms with Crippen molar-refractivity contribution < 1.29 is 24.5 Å². The first kappa shape index (κ1) is 21.7. The predicted octanol–water partition coefficient (Wildman–Crippen LogP) is 3.26. The second-order valence-electron chi connectivity index (χ2n) is 6.45. The van der Waals surface area contributed by atoms with Crippen LogP contribution >= 0.6 is 11.8 Å². The number of hydrogen-bond donors (Lipinski definition) is 2. The lowest BCUT2D eigenvalue weighted by Gasteiger charge is -2.14. The van der Waals surface area contributed by atoms with E-state index in [1.54, 1.807) is 0 Å². The molecule has 5 nitrogen and oxygen atoms in total. The van der Waals surface area contributed by atoms with Gasteiger partial charge < -0.3 is 19.7 Å². The van der Waals surface area contributed by atoms with Crippen molar-refractivity contribution in [3.8, 4) is 0 Å². The zero-order valence-electron chi connectivity index (χ0n) is 15.1. The van der Waals surface area contributed by atoms with Crippen LogP contribution in [0.15, 0.2) is 0 Å². The topological polar surface area (TPSA) is 76.0 Å². The summed E-state index contributed by atoms with van der Waals surface area (Å²) in [6, 6.07) is 0. The molecule has 0 spiro atoms. The van der Waals surface area contributed by atoms with Crippen molar-refractivity contribution in [2.24, 2.45) is 0 Å². The van der Waals surface area contributed by atoms with Gasteiger partial charge in [0, 0.05) is 6.42 Å². The number of esters is 1. The fraction of sp³-hybridized carbons (Fsp3) is 0.944. The summed E-state index contributed by atoms with van der Waals surface area (Å²) in [4.78, 5) is 11.5. The van der Waals surface area contributed by atoms with E-state index < -0.39 is 23.7 Å². The first-order valence-electron chi connectivity index (χ1n) is 9.39. The molecule has 24 heavy (non-hydrogen) atoms. The quantitative estimate of drug-likeness (QED) is 0.387. The summed E-state index contributed by atoms with van der Waals surface area (Å²) in [6.07, 6.45) is 6.94. The maximum absolute atomic E-state index is 11.5. The second kappa shape index (κ2) is 13.0. The highest BCUT2D eigenvalue weighted by molar-refractivity contribution is 7.99. The molecule has 2 N–H and O–H groups in total. The maximum atomic E-state index is 11.5. The van der Waals surface area contributed by atoms with Crippen LogP contribution in [0.3, 0.4) is 0 Å². The minimum atomic E-state index is -0.994. The number of ether oxygens (including phenoxy) is 2. The molecule has 0 amide bonds. The molecular weight excluding hydrogens is 328 g/mol. The lowest BCUT2D eigenvalue weighted by atomic mass is 10.1. The zero-order valence-corrected chi connectivity index (χ0v) is 15.9. The van der Waals surface area contributed by atoms with E-state index in [-0.39, 0.29) is 12.6 Å². The Morgan fingerprint density at radius 3 is 2.38 bits per heavy atom. The van der Waals surface area contributed by atoms with Crippen molar-refractivity contribution in [2.45, 2.75) is 95.4 Å². The van der Waals surface area contributed by atoms with Gasteiger partial charge in [-0.25, -0.2) is 0 Å². The van der Waals surface area contributed by atoms with Gasteiger partial charge in [-0.3, -0.25) is 4.79 Å². The minimum absolute atomic E-state index is 0.00878. The summed E-state index contributed by atoms with van der Waals surface area (Å²) < 4.78 is 10.8. The highest BCUT2D eigenvalue weighted by atomic mass is 32.2. The predicted molar refractivity (Wildman–Crippen MR) is 97.0 cm³/mol. The van der Waals surface area contributed by atoms with Crippen LogP contribution in [0.25, 0.3) is 0 Å². The number of aliphatic hydroxyl groups is 2. The molecule has 0 unspecified atom stereocenters. The Morgan fingerprint density at radius 2 is 1.67 bits per heavy atom. The molecule has 1 rings (SSSR count). The molecule has 1 heterocycles. The fourth-order valence-electron chi connectivity index (χ4n) is 2.64. The SMILES string of the molecule is CCCCCCCCS[C@@H]1O[C@H](COC(=O)CCCC)[C@H](O)[C@@H]1O. The third-order valence-corrected chi connectivity index (χ3v) is 5.48. The molecule has 0 radical (unpaired) electrons. The molecule has 0 bridgehead atoms. The van der Waals surface area contributed by atoms with Crippen molar-refractivity contribution in [1.82, 2.24) is 0 Å². The number of thioether (sulfide) groups is 1. The molecule has 1 aliphatic rings. The third kappa shape index (κ3) is 8.19. The Kier molecular flexibility index (Phi) is 11.8. The fourth-order valence-corrected chi connectivity index (χ4v) is 3.82. The molecule has 1 fully saturated rings. The molecule has 0 aliphatic carbocycles. The van der Waals surface area contributed by atoms with E-state index in [1.807, 2.05) is 6.92 Å². The molecule has 0 saturated carbocycles. The Labute approximate surface area is 150 Å². The molecule has 142 valence electrons. The van der Waals surface area contributed by atoms with Gasteiger partial charge in [0.05, 0.1) is 0 Å². The largest absolute Gasteiger partial charge is 0.463 e. The lowest BCUT2D eigenvalue weighted by molar-refractivity contribution is -0.148. The summed E-state index contributed by atoms with van der Waals surface area (Å²) in [5, 5.41) is 20.1. The Hall–Kier alpha value is -0.300. The van der Waals surface area contributed by atoms with Crippen LogP contribution in [0.2, 0.25) is 0 Å². The van der Waals surface area contributed by atoms with Crippen LogP contribution in [-0.2, 0) is 14.3 Å². The molecule has 1 aliphatic heterocycles. The van der Waals surface area contributed by atoms with E-state index in [9.17, 15) is 15.0 Å². The van der Waals surface area contributed by atoms with Crippen LogP contribution < -0.4 is 0 Å². The summed E-state index contributed by atoms with van der Waals surface area (Å²) in [7, 11) is 0. The van der Waals surface area contributed by atoms with Crippen molar-refractivity contribution in [3.05, 3.63) is 0 Å². The zero-order chi connectivity index (χ0) is 17.8. The molecule has 0 aromatic heterocycles. The van der Waals surface area contributed by atoms with E-state index in [0.717, 1.165) is 25.0 Å². The molecule has 1 saturated heterocycles. The molecular formula is C18H34O5S. The monoisotopic (exact) mass is 362 g/mol. The van der Waals surface area contributed by atoms with E-state index in [0.29, 0.717) is 6.42 Å². The third-order valence-electron chi connectivity index (χ3n) is 4.24. The first-order valence-corrected chi connectivity index (χ1v) is 10.4. The van der Waals surface area contributed by atoms with E-state index in [2.05, 4.69) is 6.92 Å². The van der Waals surface area contributed by atoms with Crippen LogP contribution in [-0.4, -0.2) is 52.3 Å². The van der Waals surface area contributed by atoms with Crippen molar-refractivity contribution >= 4 is 17.7 Å². The minimum Gasteiger partial charge on any atom is -0.463 e. The Balaban J connectivity index is 2.18. The molecule has 0 aromatic carbocycles. The van der Waals surface area contributed by atoms with Gasteiger partial charge in [0.2, 0.25) is 0 Å². The van der Waals surface area contributed by atoms with E-state index >= 15 is 0 Å². The van der Waals surface area contributed by atoms with E-state index in [1.165, 1.54) is 43.9 Å². The lowest BCUT2D eigenvalue weighted by Crippen LogP contribution is -2.34. The smallest absolute Gasteiger partial charge is 0.305 e. The summed E-state index contributed by atoms with van der Waals surface area (Å²) in [5.41, 5.74) is -0.435. The van der Waals surface area contributed by atoms with Crippen LogP contribution in [0.4, 0.5) is 0 Å². The van der Waals surface area contributed by atoms with Gasteiger partial charge in [0.15, 0.2) is 0 Å². The van der Waals surface area contributed by atoms with Crippen molar-refractivity contribution in [3.63, 3.8) is 0 Å². The number of hydrogen-bond acceptors (Lipinski definition) is 6. The summed E-state index contributed by atoms with van der Waals surface area (Å²) >= 11 is 1.54.